The molecule has 0 aliphatic carbocycles. The Morgan fingerprint density at radius 1 is 1.40 bits per heavy atom. The maximum absolute atomic E-state index is 5.30. The van der Waals surface area contributed by atoms with Crippen LogP contribution in [-0.4, -0.2) is 6.29 Å². The second kappa shape index (κ2) is 8.46. The van der Waals surface area contributed by atoms with Gasteiger partial charge in [-0.05, 0) is 0 Å². The van der Waals surface area contributed by atoms with Gasteiger partial charge in [0.15, 0.2) is 0 Å². The molecular weight excluding hydrogens is 243 g/mol. The van der Waals surface area contributed by atoms with Crippen molar-refractivity contribution in [1.82, 2.24) is 0 Å². The first-order valence-electron chi connectivity index (χ1n) is 2.14. The molecule has 1 radical (unpaired) electrons. The van der Waals surface area contributed by atoms with E-state index < -0.39 is 6.29 Å². The summed E-state index contributed by atoms with van der Waals surface area (Å²) in [6.45, 7) is 10.4. The van der Waals surface area contributed by atoms with Crippen LogP contribution in [0.15, 0.2) is 11.6 Å². The minimum Gasteiger partial charge on any atom is -0.393 e. The number of hydrogen-bond donors (Lipinski definition) is 0. The van der Waals surface area contributed by atoms with Gasteiger partial charge in [0.25, 0.3) is 0 Å². The molecule has 0 aromatic heterocycles. The standard InChI is InChI=1S/C5H8O2P2.Y/c1-3-4(2)5(6-8)7-9;/h1-3,5H,8-9H2;/q-2;. The minimum atomic E-state index is -0.593. The summed E-state index contributed by atoms with van der Waals surface area (Å²) in [5, 5.41) is 0. The summed E-state index contributed by atoms with van der Waals surface area (Å²) >= 11 is 0. The van der Waals surface area contributed by atoms with Crippen LogP contribution >= 0.6 is 18.9 Å². The first-order chi connectivity index (χ1) is 4.26. The molecule has 0 aromatic carbocycles. The summed E-state index contributed by atoms with van der Waals surface area (Å²) in [6.07, 6.45) is 0.628. The Morgan fingerprint density at radius 3 is 1.90 bits per heavy atom. The van der Waals surface area contributed by atoms with Crippen LogP contribution in [0.5, 0.6) is 0 Å². The Labute approximate surface area is 91.3 Å². The monoisotopic (exact) mass is 251 g/mol. The van der Waals surface area contributed by atoms with Gasteiger partial charge in [0.2, 0.25) is 0 Å². The average Bonchev–Trinajstić information content (AvgIpc) is 1.90. The van der Waals surface area contributed by atoms with Crippen LogP contribution in [0, 0.1) is 13.2 Å². The molecule has 0 bridgehead atoms. The zero-order chi connectivity index (χ0) is 7.28. The van der Waals surface area contributed by atoms with Crippen molar-refractivity contribution in [3.63, 3.8) is 0 Å². The molecule has 2 atom stereocenters. The number of rotatable bonds is 4. The second-order valence-corrected chi connectivity index (χ2v) is 1.82. The average molecular weight is 251 g/mol. The van der Waals surface area contributed by atoms with E-state index in [1.165, 1.54) is 6.08 Å². The molecule has 0 saturated carbocycles. The largest absolute Gasteiger partial charge is 0.393 e. The van der Waals surface area contributed by atoms with Crippen LogP contribution in [0.2, 0.25) is 0 Å². The zero-order valence-corrected chi connectivity index (χ0v) is 10.5. The van der Waals surface area contributed by atoms with E-state index in [9.17, 15) is 0 Å². The van der Waals surface area contributed by atoms with E-state index in [-0.39, 0.29) is 32.7 Å². The molecular formula is C5H8O2P2Y-2. The molecule has 2 nitrogen and oxygen atoms in total. The molecule has 0 amide bonds. The molecule has 0 N–H and O–H groups in total. The first kappa shape index (κ1) is 13.9. The second-order valence-electron chi connectivity index (χ2n) is 1.27. The zero-order valence-electron chi connectivity index (χ0n) is 5.36. The van der Waals surface area contributed by atoms with Crippen molar-refractivity contribution >= 4 is 18.9 Å². The fourth-order valence-corrected chi connectivity index (χ4v) is 0.839. The molecule has 0 fully saturated rings. The van der Waals surface area contributed by atoms with Crippen LogP contribution in [0.4, 0.5) is 0 Å². The van der Waals surface area contributed by atoms with Crippen LogP contribution in [0.25, 0.3) is 0 Å². The Morgan fingerprint density at radius 2 is 1.80 bits per heavy atom. The van der Waals surface area contributed by atoms with Crippen molar-refractivity contribution in [3.8, 4) is 0 Å². The third-order valence-corrected chi connectivity index (χ3v) is 1.21. The molecule has 55 valence electrons. The third-order valence-electron chi connectivity index (χ3n) is 0.712. The van der Waals surface area contributed by atoms with E-state index in [0.717, 1.165) is 0 Å². The minimum absolute atomic E-state index is 0. The predicted octanol–water partition coefficient (Wildman–Crippen LogP) is 1.27. The normalized spacial score (nSPS) is 8.70. The van der Waals surface area contributed by atoms with Crippen LogP contribution in [-0.2, 0) is 41.8 Å². The van der Waals surface area contributed by atoms with Gasteiger partial charge in [-0.2, -0.15) is 0 Å². The summed E-state index contributed by atoms with van der Waals surface area (Å²) in [5.74, 6) is 0. The van der Waals surface area contributed by atoms with Gasteiger partial charge in [-0.25, -0.2) is 0 Å². The van der Waals surface area contributed by atoms with Gasteiger partial charge in [0.1, 0.15) is 0 Å². The quantitative estimate of drug-likeness (QED) is 0.324. The predicted molar refractivity (Wildman–Crippen MR) is 42.1 cm³/mol. The Kier molecular flexibility index (Phi) is 11.8. The van der Waals surface area contributed by atoms with Crippen molar-refractivity contribution in [2.75, 3.05) is 0 Å². The fraction of sp³-hybridized carbons (Fsp3) is 0.200. The summed E-state index contributed by atoms with van der Waals surface area (Å²) in [5.41, 5.74) is 0.333. The van der Waals surface area contributed by atoms with Crippen molar-refractivity contribution in [3.05, 3.63) is 24.8 Å². The van der Waals surface area contributed by atoms with Gasteiger partial charge in [0, 0.05) is 51.6 Å². The first-order valence-corrected chi connectivity index (χ1v) is 3.08. The molecule has 0 aromatic rings. The maximum Gasteiger partial charge on any atom is 0.0921 e. The molecule has 0 rings (SSSR count). The molecule has 5 heteroatoms. The summed E-state index contributed by atoms with van der Waals surface area (Å²) in [4.78, 5) is 0. The van der Waals surface area contributed by atoms with E-state index >= 15 is 0 Å². The molecule has 10 heavy (non-hydrogen) atoms. The van der Waals surface area contributed by atoms with Gasteiger partial charge < -0.3 is 33.9 Å². The van der Waals surface area contributed by atoms with Crippen molar-refractivity contribution < 1.29 is 41.8 Å². The van der Waals surface area contributed by atoms with E-state index in [0.29, 0.717) is 5.57 Å². The van der Waals surface area contributed by atoms with Crippen molar-refractivity contribution in [2.45, 2.75) is 6.29 Å². The van der Waals surface area contributed by atoms with Crippen LogP contribution in [0.3, 0.4) is 0 Å². The van der Waals surface area contributed by atoms with E-state index in [4.69, 9.17) is 13.2 Å². The summed E-state index contributed by atoms with van der Waals surface area (Å²) in [7, 11) is 4.04. The smallest absolute Gasteiger partial charge is 0.0921 e. The molecule has 0 saturated heterocycles. The molecule has 0 heterocycles. The van der Waals surface area contributed by atoms with Gasteiger partial charge >= 0.3 is 0 Å². The SMILES string of the molecule is [CH-]=CC(=[CH-])C(OP)OP.[Y]. The van der Waals surface area contributed by atoms with Crippen LogP contribution < -0.4 is 0 Å². The van der Waals surface area contributed by atoms with Crippen LogP contribution in [0.1, 0.15) is 0 Å². The van der Waals surface area contributed by atoms with Crippen molar-refractivity contribution in [2.24, 2.45) is 0 Å². The fourth-order valence-electron chi connectivity index (χ4n) is 0.268. The number of hydrogen-bond acceptors (Lipinski definition) is 2. The maximum atomic E-state index is 5.30. The Bertz CT molecular complexity index is 114. The molecule has 0 spiro atoms. The summed E-state index contributed by atoms with van der Waals surface area (Å²) in [6, 6.07) is 0. The molecule has 0 aliphatic rings. The third kappa shape index (κ3) is 5.07. The van der Waals surface area contributed by atoms with Gasteiger partial charge in [-0.1, -0.05) is 0 Å². The van der Waals surface area contributed by atoms with E-state index in [1.807, 2.05) is 18.9 Å². The Hall–Kier alpha value is 1.36. The Balaban J connectivity index is 0. The summed E-state index contributed by atoms with van der Waals surface area (Å²) < 4.78 is 9.30. The van der Waals surface area contributed by atoms with E-state index in [1.54, 1.807) is 0 Å². The van der Waals surface area contributed by atoms with Crippen molar-refractivity contribution in [1.29, 1.82) is 0 Å². The van der Waals surface area contributed by atoms with E-state index in [2.05, 4.69) is 9.05 Å². The van der Waals surface area contributed by atoms with Gasteiger partial charge in [-0.15, -0.1) is 0 Å². The van der Waals surface area contributed by atoms with Gasteiger partial charge in [0.05, 0.1) is 6.29 Å². The molecule has 2 unspecified atom stereocenters. The molecule has 0 aliphatic heterocycles. The topological polar surface area (TPSA) is 18.5 Å². The van der Waals surface area contributed by atoms with Gasteiger partial charge in [-0.3, -0.25) is 0 Å².